The summed E-state index contributed by atoms with van der Waals surface area (Å²) in [5.41, 5.74) is 8.67. The highest BCUT2D eigenvalue weighted by Crippen LogP contribution is 2.32. The standard InChI is InChI=1S/C40H75N7O17S/c1-22(47(11)37(55)64-40(8,9)10)28(50)34(58-18-17-48)61-30-25(44-32(52)27(49)14-16-43-35(53)62-38(2,3)4)20-26(45-36(54)63-39(5,6)7)31(29(30)51)60-33-24(13-12-23(21-42)59-33)46-65(56,57)19-15-41/h12,22,24-31,33-34,46,48-51H,13-21,41-42H2,1-11H3,(H,43,53)(H,44,52)(H,45,54)/t22-,24+,25+,26-,27-,28+,29+,30-,31+,33+,34+/m0/s1. The van der Waals surface area contributed by atoms with Crippen molar-refractivity contribution >= 4 is 34.2 Å². The Morgan fingerprint density at radius 1 is 0.908 bits per heavy atom. The lowest BCUT2D eigenvalue weighted by Gasteiger charge is -2.47. The van der Waals surface area contributed by atoms with Crippen LogP contribution in [0.5, 0.6) is 0 Å². The van der Waals surface area contributed by atoms with Crippen molar-refractivity contribution in [2.24, 2.45) is 11.5 Å². The van der Waals surface area contributed by atoms with Gasteiger partial charge in [0, 0.05) is 20.1 Å². The zero-order chi connectivity index (χ0) is 49.7. The zero-order valence-corrected chi connectivity index (χ0v) is 40.2. The third kappa shape index (κ3) is 20.0. The second-order valence-electron chi connectivity index (χ2n) is 18.7. The molecule has 24 nitrogen and oxygen atoms in total. The quantitative estimate of drug-likeness (QED) is 0.0485. The SMILES string of the molecule is C[C@@H]([C@@H](O)[C@H](OCCO)O[C@@H]1[C@@H](O)[C@H](O[C@H]2OC(CN)=CC[C@H]2NS(=O)(=O)CCN)[C@@H](NC(=O)OC(C)(C)C)C[C@H]1NC(=O)[C@@H](O)CCNC(=O)OC(C)(C)C)N(C)C(=O)OC(C)(C)C. The minimum Gasteiger partial charge on any atom is -0.467 e. The predicted molar refractivity (Wildman–Crippen MR) is 233 cm³/mol. The van der Waals surface area contributed by atoms with E-state index in [-0.39, 0.29) is 44.7 Å². The summed E-state index contributed by atoms with van der Waals surface area (Å²) in [6.45, 7) is 14.7. The van der Waals surface area contributed by atoms with E-state index in [2.05, 4.69) is 20.7 Å². The molecule has 2 rings (SSSR count). The maximum atomic E-state index is 13.7. The number of hydrogen-bond acceptors (Lipinski definition) is 19. The first kappa shape index (κ1) is 57.5. The number of ether oxygens (including phenoxy) is 7. The minimum absolute atomic E-state index is 0.0135. The van der Waals surface area contributed by atoms with Gasteiger partial charge in [0.1, 0.15) is 53.1 Å². The van der Waals surface area contributed by atoms with Crippen molar-refractivity contribution in [3.8, 4) is 0 Å². The number of alkyl carbamates (subject to hydrolysis) is 2. The molecular formula is C40H75N7O17S. The van der Waals surface area contributed by atoms with Crippen molar-refractivity contribution in [2.45, 2.75) is 173 Å². The number of carbonyl (C=O) groups excluding carboxylic acids is 4. The van der Waals surface area contributed by atoms with Crippen LogP contribution < -0.4 is 32.1 Å². The zero-order valence-electron chi connectivity index (χ0n) is 39.4. The van der Waals surface area contributed by atoms with E-state index in [1.807, 2.05) is 0 Å². The van der Waals surface area contributed by atoms with Gasteiger partial charge in [0.2, 0.25) is 22.2 Å². The highest BCUT2D eigenvalue weighted by molar-refractivity contribution is 7.89. The van der Waals surface area contributed by atoms with Gasteiger partial charge in [-0.15, -0.1) is 0 Å². The van der Waals surface area contributed by atoms with Crippen molar-refractivity contribution in [3.63, 3.8) is 0 Å². The Kier molecular flexibility index (Phi) is 22.1. The molecule has 12 N–H and O–H groups in total. The number of sulfonamides is 1. The van der Waals surface area contributed by atoms with Crippen molar-refractivity contribution in [1.29, 1.82) is 0 Å². The Hall–Kier alpha value is -3.63. The van der Waals surface area contributed by atoms with E-state index in [4.69, 9.17) is 44.6 Å². The van der Waals surface area contributed by atoms with E-state index in [1.165, 1.54) is 14.0 Å². The molecule has 0 aromatic carbocycles. The molecule has 0 aromatic heterocycles. The van der Waals surface area contributed by atoms with Gasteiger partial charge in [-0.05, 0) is 94.6 Å². The van der Waals surface area contributed by atoms with Gasteiger partial charge >= 0.3 is 18.3 Å². The van der Waals surface area contributed by atoms with Crippen LogP contribution in [0.25, 0.3) is 0 Å². The summed E-state index contributed by atoms with van der Waals surface area (Å²) in [7, 11) is -2.65. The Morgan fingerprint density at radius 3 is 2.05 bits per heavy atom. The number of carbonyl (C=O) groups is 4. The second-order valence-corrected chi connectivity index (χ2v) is 20.6. The molecule has 378 valence electrons. The number of nitrogens with one attached hydrogen (secondary N) is 4. The second kappa shape index (κ2) is 24.9. The largest absolute Gasteiger partial charge is 0.467 e. The summed E-state index contributed by atoms with van der Waals surface area (Å²) in [4.78, 5) is 53.4. The third-order valence-electron chi connectivity index (χ3n) is 9.53. The van der Waals surface area contributed by atoms with E-state index >= 15 is 0 Å². The van der Waals surface area contributed by atoms with Crippen LogP contribution in [0.1, 0.15) is 88.5 Å². The van der Waals surface area contributed by atoms with Crippen molar-refractivity contribution in [1.82, 2.24) is 25.6 Å². The molecule has 65 heavy (non-hydrogen) atoms. The Morgan fingerprint density at radius 2 is 1.49 bits per heavy atom. The molecule has 0 aromatic rings. The lowest BCUT2D eigenvalue weighted by atomic mass is 9.83. The van der Waals surface area contributed by atoms with Crippen LogP contribution in [0.15, 0.2) is 11.8 Å². The lowest BCUT2D eigenvalue weighted by Crippen LogP contribution is -2.68. The molecule has 0 radical (unpaired) electrons. The molecule has 4 amide bonds. The van der Waals surface area contributed by atoms with Crippen molar-refractivity contribution in [2.75, 3.05) is 45.6 Å². The van der Waals surface area contributed by atoms with E-state index < -0.39 is 137 Å². The number of rotatable bonds is 21. The smallest absolute Gasteiger partial charge is 0.410 e. The van der Waals surface area contributed by atoms with Crippen LogP contribution in [0.2, 0.25) is 0 Å². The summed E-state index contributed by atoms with van der Waals surface area (Å²) in [6, 6.07) is -4.91. The van der Waals surface area contributed by atoms with E-state index in [1.54, 1.807) is 68.4 Å². The fourth-order valence-corrected chi connectivity index (χ4v) is 7.53. The monoisotopic (exact) mass is 957 g/mol. The number of hydrogen-bond donors (Lipinski definition) is 10. The Bertz CT molecular complexity index is 1690. The Labute approximate surface area is 381 Å². The van der Waals surface area contributed by atoms with Gasteiger partial charge in [-0.1, -0.05) is 0 Å². The van der Waals surface area contributed by atoms with Gasteiger partial charge in [-0.25, -0.2) is 27.5 Å². The average molecular weight is 958 g/mol. The van der Waals surface area contributed by atoms with Crippen LogP contribution in [0.4, 0.5) is 14.4 Å². The van der Waals surface area contributed by atoms with Gasteiger partial charge in [0.15, 0.2) is 6.29 Å². The molecular weight excluding hydrogens is 883 g/mol. The fourth-order valence-electron chi connectivity index (χ4n) is 6.44. The van der Waals surface area contributed by atoms with Gasteiger partial charge in [-0.2, -0.15) is 0 Å². The highest BCUT2D eigenvalue weighted by Gasteiger charge is 2.51. The van der Waals surface area contributed by atoms with Gasteiger partial charge in [0.05, 0.1) is 49.7 Å². The van der Waals surface area contributed by atoms with Crippen LogP contribution in [-0.4, -0.2) is 188 Å². The lowest BCUT2D eigenvalue weighted by molar-refractivity contribution is -0.276. The minimum atomic E-state index is -4.00. The molecule has 1 aliphatic carbocycles. The van der Waals surface area contributed by atoms with Gasteiger partial charge in [-0.3, -0.25) is 4.79 Å². The van der Waals surface area contributed by atoms with E-state index in [9.17, 15) is 48.0 Å². The first-order valence-corrected chi connectivity index (χ1v) is 23.1. The molecule has 0 saturated heterocycles. The third-order valence-corrected chi connectivity index (χ3v) is 11.0. The molecule has 1 aliphatic heterocycles. The van der Waals surface area contributed by atoms with Gasteiger partial charge < -0.3 is 85.9 Å². The first-order valence-electron chi connectivity index (χ1n) is 21.5. The fraction of sp³-hybridized carbons (Fsp3) is 0.850. The van der Waals surface area contributed by atoms with Crippen LogP contribution in [-0.2, 0) is 48.0 Å². The molecule has 0 spiro atoms. The number of nitrogens with zero attached hydrogens (tertiary/aromatic N) is 1. The van der Waals surface area contributed by atoms with Crippen molar-refractivity contribution in [3.05, 3.63) is 11.8 Å². The summed E-state index contributed by atoms with van der Waals surface area (Å²) < 4.78 is 68.9. The summed E-state index contributed by atoms with van der Waals surface area (Å²) in [6.07, 6.45) is -13.7. The predicted octanol–water partition coefficient (Wildman–Crippen LogP) is -1.04. The normalized spacial score (nSPS) is 24.8. The summed E-state index contributed by atoms with van der Waals surface area (Å²) in [5, 5.41) is 52.5. The van der Waals surface area contributed by atoms with E-state index in [0.29, 0.717) is 0 Å². The molecule has 1 fully saturated rings. The number of nitrogens with two attached hydrogens (primary N) is 2. The number of aliphatic hydroxyl groups excluding tert-OH is 4. The molecule has 0 bridgehead atoms. The molecule has 0 unspecified atom stereocenters. The molecule has 2 aliphatic rings. The number of aliphatic hydroxyl groups is 4. The number of likely N-dealkylation sites (N-methyl/N-ethyl adjacent to an activating group) is 1. The summed E-state index contributed by atoms with van der Waals surface area (Å²) >= 11 is 0. The molecule has 1 heterocycles. The average Bonchev–Trinajstić information content (AvgIpc) is 3.16. The molecule has 25 heteroatoms. The van der Waals surface area contributed by atoms with Crippen LogP contribution in [0, 0.1) is 0 Å². The Balaban J connectivity index is 2.69. The van der Waals surface area contributed by atoms with Crippen LogP contribution in [0.3, 0.4) is 0 Å². The molecule has 1 saturated carbocycles. The topological polar surface area (TPSA) is 351 Å². The number of amides is 4. The van der Waals surface area contributed by atoms with Crippen LogP contribution >= 0.6 is 0 Å². The molecule has 11 atom stereocenters. The van der Waals surface area contributed by atoms with Gasteiger partial charge in [0.25, 0.3) is 0 Å². The maximum Gasteiger partial charge on any atom is 0.410 e. The van der Waals surface area contributed by atoms with Crippen molar-refractivity contribution < 1.29 is 81.2 Å². The maximum absolute atomic E-state index is 13.7. The van der Waals surface area contributed by atoms with E-state index in [0.717, 1.165) is 4.90 Å². The summed E-state index contributed by atoms with van der Waals surface area (Å²) in [5.74, 6) is -1.24. The highest BCUT2D eigenvalue weighted by atomic mass is 32.2. The first-order chi connectivity index (χ1) is 29.9.